The zero-order valence-electron chi connectivity index (χ0n) is 15.6. The van der Waals surface area contributed by atoms with Crippen LogP contribution in [0.5, 0.6) is 0 Å². The first kappa shape index (κ1) is 21.1. The summed E-state index contributed by atoms with van der Waals surface area (Å²) in [5.41, 5.74) is 2.11. The van der Waals surface area contributed by atoms with E-state index in [2.05, 4.69) is 17.4 Å². The highest BCUT2D eigenvalue weighted by molar-refractivity contribution is 7.91. The third-order valence-electron chi connectivity index (χ3n) is 4.50. The number of aliphatic hydroxyl groups is 1. The van der Waals surface area contributed by atoms with Gasteiger partial charge in [0.2, 0.25) is 5.91 Å². The van der Waals surface area contributed by atoms with E-state index in [1.54, 1.807) is 12.1 Å². The van der Waals surface area contributed by atoms with Crippen LogP contribution in [0.3, 0.4) is 0 Å². The SMILES string of the molecule is C[C@@H](CCCc1ccccc1)C(=O)NCc1ccc(S(=O)(=O)CCO)cc1. The van der Waals surface area contributed by atoms with Gasteiger partial charge in [-0.25, -0.2) is 8.42 Å². The Hall–Kier alpha value is -2.18. The van der Waals surface area contributed by atoms with Gasteiger partial charge in [0.15, 0.2) is 9.84 Å². The van der Waals surface area contributed by atoms with Crippen molar-refractivity contribution in [2.45, 2.75) is 37.6 Å². The Labute approximate surface area is 161 Å². The Bertz CT molecular complexity index is 817. The molecule has 2 aromatic rings. The molecule has 0 heterocycles. The summed E-state index contributed by atoms with van der Waals surface area (Å²) < 4.78 is 23.7. The van der Waals surface area contributed by atoms with Gasteiger partial charge in [0, 0.05) is 12.5 Å². The molecule has 1 atom stereocenters. The Balaban J connectivity index is 1.77. The number of carbonyl (C=O) groups excluding carboxylic acids is 1. The molecular formula is C21H27NO4S. The molecule has 0 aliphatic heterocycles. The van der Waals surface area contributed by atoms with Crippen molar-refractivity contribution in [3.05, 3.63) is 65.7 Å². The number of aliphatic hydroxyl groups excluding tert-OH is 1. The normalized spacial score (nSPS) is 12.5. The van der Waals surface area contributed by atoms with E-state index in [-0.39, 0.29) is 22.5 Å². The van der Waals surface area contributed by atoms with Crippen molar-refractivity contribution >= 4 is 15.7 Å². The van der Waals surface area contributed by atoms with E-state index in [9.17, 15) is 13.2 Å². The lowest BCUT2D eigenvalue weighted by Gasteiger charge is -2.12. The topological polar surface area (TPSA) is 83.5 Å². The highest BCUT2D eigenvalue weighted by atomic mass is 32.2. The third-order valence-corrected chi connectivity index (χ3v) is 6.21. The first-order valence-corrected chi connectivity index (χ1v) is 10.8. The molecule has 1 amide bonds. The lowest BCUT2D eigenvalue weighted by atomic mass is 10.0. The van der Waals surface area contributed by atoms with E-state index in [4.69, 9.17) is 5.11 Å². The number of hydrogen-bond acceptors (Lipinski definition) is 4. The van der Waals surface area contributed by atoms with Gasteiger partial charge in [-0.2, -0.15) is 0 Å². The maximum absolute atomic E-state index is 12.2. The molecule has 0 aliphatic carbocycles. The van der Waals surface area contributed by atoms with Crippen LogP contribution in [0.25, 0.3) is 0 Å². The zero-order chi connectivity index (χ0) is 19.7. The highest BCUT2D eigenvalue weighted by Crippen LogP contribution is 2.14. The fraction of sp³-hybridized carbons (Fsp3) is 0.381. The molecule has 146 valence electrons. The van der Waals surface area contributed by atoms with Crippen molar-refractivity contribution in [1.82, 2.24) is 5.32 Å². The molecule has 6 heteroatoms. The Morgan fingerprint density at radius 1 is 1.04 bits per heavy atom. The van der Waals surface area contributed by atoms with Crippen molar-refractivity contribution in [1.29, 1.82) is 0 Å². The summed E-state index contributed by atoms with van der Waals surface area (Å²) >= 11 is 0. The second kappa shape index (κ2) is 10.2. The standard InChI is InChI=1S/C21H27NO4S/c1-17(6-5-9-18-7-3-2-4-8-18)21(24)22-16-19-10-12-20(13-11-19)27(25,26)15-14-23/h2-4,7-8,10-13,17,23H,5-6,9,14-16H2,1H3,(H,22,24)/t17-/m0/s1. The summed E-state index contributed by atoms with van der Waals surface area (Å²) in [6, 6.07) is 16.6. The smallest absolute Gasteiger partial charge is 0.223 e. The number of hydrogen-bond donors (Lipinski definition) is 2. The molecule has 2 aromatic carbocycles. The molecular weight excluding hydrogens is 362 g/mol. The lowest BCUT2D eigenvalue weighted by Crippen LogP contribution is -2.28. The van der Waals surface area contributed by atoms with E-state index < -0.39 is 16.4 Å². The molecule has 2 N–H and O–H groups in total. The van der Waals surface area contributed by atoms with Crippen molar-refractivity contribution in [3.8, 4) is 0 Å². The molecule has 0 spiro atoms. The lowest BCUT2D eigenvalue weighted by molar-refractivity contribution is -0.124. The van der Waals surface area contributed by atoms with E-state index >= 15 is 0 Å². The van der Waals surface area contributed by atoms with Gasteiger partial charge in [-0.1, -0.05) is 49.4 Å². The van der Waals surface area contributed by atoms with Crippen LogP contribution in [-0.4, -0.2) is 31.8 Å². The maximum atomic E-state index is 12.2. The third kappa shape index (κ3) is 6.81. The number of rotatable bonds is 10. The second-order valence-corrected chi connectivity index (χ2v) is 8.79. The number of aryl methyl sites for hydroxylation is 1. The predicted octanol–water partition coefficient (Wildman–Crippen LogP) is 2.73. The van der Waals surface area contributed by atoms with Crippen LogP contribution < -0.4 is 5.32 Å². The Kier molecular flexibility index (Phi) is 8.00. The van der Waals surface area contributed by atoms with Crippen LogP contribution in [-0.2, 0) is 27.6 Å². The molecule has 0 unspecified atom stereocenters. The molecule has 0 saturated heterocycles. The first-order chi connectivity index (χ1) is 12.9. The number of amides is 1. The molecule has 27 heavy (non-hydrogen) atoms. The number of sulfone groups is 1. The molecule has 0 aliphatic rings. The van der Waals surface area contributed by atoms with Crippen molar-refractivity contribution in [2.24, 2.45) is 5.92 Å². The van der Waals surface area contributed by atoms with Gasteiger partial charge in [-0.15, -0.1) is 0 Å². The summed E-state index contributed by atoms with van der Waals surface area (Å²) in [7, 11) is -3.44. The quantitative estimate of drug-likeness (QED) is 0.654. The van der Waals surface area contributed by atoms with E-state index in [1.165, 1.54) is 17.7 Å². The predicted molar refractivity (Wildman–Crippen MR) is 106 cm³/mol. The van der Waals surface area contributed by atoms with Crippen LogP contribution in [0.15, 0.2) is 59.5 Å². The molecule has 2 rings (SSSR count). The van der Waals surface area contributed by atoms with Crippen molar-refractivity contribution in [2.75, 3.05) is 12.4 Å². The fourth-order valence-electron chi connectivity index (χ4n) is 2.80. The average molecular weight is 390 g/mol. The summed E-state index contributed by atoms with van der Waals surface area (Å²) in [6.45, 7) is 1.88. The van der Waals surface area contributed by atoms with Gasteiger partial charge < -0.3 is 10.4 Å². The minimum absolute atomic E-state index is 0.0000373. The van der Waals surface area contributed by atoms with Crippen molar-refractivity contribution in [3.63, 3.8) is 0 Å². The zero-order valence-corrected chi connectivity index (χ0v) is 16.4. The van der Waals surface area contributed by atoms with E-state index in [0.29, 0.717) is 6.54 Å². The number of nitrogens with one attached hydrogen (secondary N) is 1. The van der Waals surface area contributed by atoms with Gasteiger partial charge in [-0.3, -0.25) is 4.79 Å². The average Bonchev–Trinajstić information content (AvgIpc) is 2.67. The minimum Gasteiger partial charge on any atom is -0.395 e. The molecule has 5 nitrogen and oxygen atoms in total. The summed E-state index contributed by atoms with van der Waals surface area (Å²) in [6.07, 6.45) is 2.73. The molecule has 0 saturated carbocycles. The highest BCUT2D eigenvalue weighted by Gasteiger charge is 2.14. The molecule has 0 aromatic heterocycles. The fourth-order valence-corrected chi connectivity index (χ4v) is 3.83. The molecule has 0 bridgehead atoms. The Morgan fingerprint density at radius 3 is 2.33 bits per heavy atom. The van der Waals surface area contributed by atoms with Crippen LogP contribution in [0.1, 0.15) is 30.9 Å². The van der Waals surface area contributed by atoms with Gasteiger partial charge in [-0.05, 0) is 42.5 Å². The molecule has 0 fully saturated rings. The molecule has 0 radical (unpaired) electrons. The number of carbonyl (C=O) groups is 1. The van der Waals surface area contributed by atoms with Gasteiger partial charge in [0.1, 0.15) is 0 Å². The van der Waals surface area contributed by atoms with Crippen LogP contribution in [0.2, 0.25) is 0 Å². The number of benzene rings is 2. The summed E-state index contributed by atoms with van der Waals surface area (Å²) in [5, 5.41) is 11.7. The van der Waals surface area contributed by atoms with Crippen LogP contribution in [0.4, 0.5) is 0 Å². The van der Waals surface area contributed by atoms with Crippen molar-refractivity contribution < 1.29 is 18.3 Å². The second-order valence-electron chi connectivity index (χ2n) is 6.68. The Morgan fingerprint density at radius 2 is 1.70 bits per heavy atom. The van der Waals surface area contributed by atoms with Gasteiger partial charge in [0.05, 0.1) is 17.3 Å². The minimum atomic E-state index is -3.44. The summed E-state index contributed by atoms with van der Waals surface area (Å²) in [4.78, 5) is 12.4. The largest absolute Gasteiger partial charge is 0.395 e. The van der Waals surface area contributed by atoms with Crippen LogP contribution >= 0.6 is 0 Å². The first-order valence-electron chi connectivity index (χ1n) is 9.16. The summed E-state index contributed by atoms with van der Waals surface area (Å²) in [5.74, 6) is -0.359. The monoisotopic (exact) mass is 389 g/mol. The van der Waals surface area contributed by atoms with Gasteiger partial charge >= 0.3 is 0 Å². The van der Waals surface area contributed by atoms with Crippen LogP contribution in [0, 0.1) is 5.92 Å². The maximum Gasteiger partial charge on any atom is 0.223 e. The van der Waals surface area contributed by atoms with E-state index in [0.717, 1.165) is 24.8 Å². The van der Waals surface area contributed by atoms with E-state index in [1.807, 2.05) is 25.1 Å². The van der Waals surface area contributed by atoms with Gasteiger partial charge in [0.25, 0.3) is 0 Å².